The monoisotopic (exact) mass is 293 g/mol. The Balaban J connectivity index is 2.13. The molecule has 2 rings (SSSR count). The van der Waals surface area contributed by atoms with Crippen molar-refractivity contribution in [1.29, 1.82) is 0 Å². The summed E-state index contributed by atoms with van der Waals surface area (Å²) in [7, 11) is 0. The minimum Gasteiger partial charge on any atom is -0.459 e. The van der Waals surface area contributed by atoms with E-state index in [1.54, 1.807) is 0 Å². The number of nitrogens with two attached hydrogens (primary N) is 1. The smallest absolute Gasteiger partial charge is 0.263 e. The van der Waals surface area contributed by atoms with Gasteiger partial charge in [0.2, 0.25) is 0 Å². The van der Waals surface area contributed by atoms with Gasteiger partial charge in [0, 0.05) is 6.54 Å². The second-order valence-corrected chi connectivity index (χ2v) is 5.89. The maximum absolute atomic E-state index is 12.1. The highest BCUT2D eigenvalue weighted by molar-refractivity contribution is 7.17. The van der Waals surface area contributed by atoms with Crippen molar-refractivity contribution in [3.8, 4) is 10.8 Å². The molecule has 0 saturated heterocycles. The molecule has 0 aliphatic heterocycles. The van der Waals surface area contributed by atoms with Gasteiger partial charge in [0.05, 0.1) is 5.69 Å². The average Bonchev–Trinajstić information content (AvgIpc) is 3.01. The van der Waals surface area contributed by atoms with Crippen LogP contribution in [-0.4, -0.2) is 24.0 Å². The Morgan fingerprint density at radius 3 is 2.85 bits per heavy atom. The van der Waals surface area contributed by atoms with Crippen LogP contribution in [-0.2, 0) is 0 Å². The third kappa shape index (κ3) is 3.26. The molecule has 3 N–H and O–H groups in total. The van der Waals surface area contributed by atoms with E-state index in [-0.39, 0.29) is 11.8 Å². The summed E-state index contributed by atoms with van der Waals surface area (Å²) in [6, 6.07) is 3.75. The van der Waals surface area contributed by atoms with Gasteiger partial charge in [0.15, 0.2) is 10.8 Å². The molecule has 0 bridgehead atoms. The molecule has 2 aromatic rings. The largest absolute Gasteiger partial charge is 0.459 e. The van der Waals surface area contributed by atoms with Crippen molar-refractivity contribution in [2.75, 3.05) is 13.1 Å². The third-order valence-electron chi connectivity index (χ3n) is 2.97. The molecule has 1 atom stereocenters. The molecule has 2 heterocycles. The van der Waals surface area contributed by atoms with Gasteiger partial charge in [-0.1, -0.05) is 6.92 Å². The van der Waals surface area contributed by atoms with Crippen LogP contribution in [0.3, 0.4) is 0 Å². The summed E-state index contributed by atoms with van der Waals surface area (Å²) in [6.45, 7) is 6.83. The summed E-state index contributed by atoms with van der Waals surface area (Å²) in [5, 5.41) is 3.61. The van der Waals surface area contributed by atoms with Crippen LogP contribution in [0.15, 0.2) is 16.5 Å². The Hall–Kier alpha value is -1.66. The van der Waals surface area contributed by atoms with Gasteiger partial charge in [-0.25, -0.2) is 4.98 Å². The van der Waals surface area contributed by atoms with Gasteiger partial charge >= 0.3 is 0 Å². The van der Waals surface area contributed by atoms with Crippen molar-refractivity contribution < 1.29 is 9.21 Å². The van der Waals surface area contributed by atoms with E-state index in [1.807, 2.05) is 32.9 Å². The lowest BCUT2D eigenvalue weighted by Crippen LogP contribution is -2.31. The zero-order valence-electron chi connectivity index (χ0n) is 11.9. The number of amides is 1. The Morgan fingerprint density at radius 2 is 2.25 bits per heavy atom. The predicted molar refractivity (Wildman–Crippen MR) is 79.8 cm³/mol. The average molecular weight is 293 g/mol. The molecule has 0 radical (unpaired) electrons. The van der Waals surface area contributed by atoms with Crippen LogP contribution in [0.5, 0.6) is 0 Å². The maximum Gasteiger partial charge on any atom is 0.263 e. The van der Waals surface area contributed by atoms with Gasteiger partial charge < -0.3 is 15.5 Å². The number of thiazole rings is 1. The molecule has 0 aliphatic carbocycles. The van der Waals surface area contributed by atoms with Crippen LogP contribution in [0, 0.1) is 19.8 Å². The van der Waals surface area contributed by atoms with Crippen molar-refractivity contribution in [3.63, 3.8) is 0 Å². The molecule has 1 amide bonds. The molecule has 108 valence electrons. The Bertz CT molecular complexity index is 603. The summed E-state index contributed by atoms with van der Waals surface area (Å²) in [4.78, 5) is 17.1. The summed E-state index contributed by atoms with van der Waals surface area (Å²) >= 11 is 1.35. The molecule has 0 spiro atoms. The fourth-order valence-corrected chi connectivity index (χ4v) is 2.64. The SMILES string of the molecule is Cc1ccc(-c2nc(C)c(C(=O)NCC(C)CN)s2)o1. The predicted octanol–water partition coefficient (Wildman–Crippen LogP) is 2.34. The van der Waals surface area contributed by atoms with Crippen LogP contribution in [0.25, 0.3) is 10.8 Å². The molecule has 0 aliphatic rings. The Morgan fingerprint density at radius 1 is 1.50 bits per heavy atom. The number of nitrogens with one attached hydrogen (secondary N) is 1. The molecule has 20 heavy (non-hydrogen) atoms. The minimum atomic E-state index is -0.102. The van der Waals surface area contributed by atoms with E-state index in [2.05, 4.69) is 10.3 Å². The van der Waals surface area contributed by atoms with Crippen LogP contribution in [0.4, 0.5) is 0 Å². The van der Waals surface area contributed by atoms with E-state index < -0.39 is 0 Å². The van der Waals surface area contributed by atoms with Gasteiger partial charge in [-0.15, -0.1) is 11.3 Å². The molecule has 0 fully saturated rings. The normalized spacial score (nSPS) is 12.4. The van der Waals surface area contributed by atoms with Crippen LogP contribution < -0.4 is 11.1 Å². The number of aromatic nitrogens is 1. The van der Waals surface area contributed by atoms with Gasteiger partial charge in [0.1, 0.15) is 10.6 Å². The number of furan rings is 1. The third-order valence-corrected chi connectivity index (χ3v) is 4.14. The van der Waals surface area contributed by atoms with Crippen LogP contribution in [0.2, 0.25) is 0 Å². The van der Waals surface area contributed by atoms with Gasteiger partial charge in [-0.2, -0.15) is 0 Å². The van der Waals surface area contributed by atoms with E-state index in [0.717, 1.165) is 16.5 Å². The minimum absolute atomic E-state index is 0.102. The highest BCUT2D eigenvalue weighted by Gasteiger charge is 2.17. The number of aryl methyl sites for hydroxylation is 2. The van der Waals surface area contributed by atoms with E-state index in [0.29, 0.717) is 23.7 Å². The molecule has 1 unspecified atom stereocenters. The molecular formula is C14H19N3O2S. The molecule has 2 aromatic heterocycles. The molecule has 6 heteroatoms. The summed E-state index contributed by atoms with van der Waals surface area (Å²) in [6.07, 6.45) is 0. The van der Waals surface area contributed by atoms with E-state index in [1.165, 1.54) is 11.3 Å². The van der Waals surface area contributed by atoms with Crippen molar-refractivity contribution in [1.82, 2.24) is 10.3 Å². The lowest BCUT2D eigenvalue weighted by atomic mass is 10.2. The van der Waals surface area contributed by atoms with Gasteiger partial charge in [0.25, 0.3) is 5.91 Å². The highest BCUT2D eigenvalue weighted by Crippen LogP contribution is 2.29. The Kier molecular flexibility index (Phi) is 4.57. The molecule has 0 aromatic carbocycles. The first-order valence-corrected chi connectivity index (χ1v) is 7.35. The van der Waals surface area contributed by atoms with Gasteiger partial charge in [-0.05, 0) is 38.4 Å². The van der Waals surface area contributed by atoms with Crippen molar-refractivity contribution in [2.45, 2.75) is 20.8 Å². The first-order valence-electron chi connectivity index (χ1n) is 6.53. The zero-order chi connectivity index (χ0) is 14.7. The highest BCUT2D eigenvalue weighted by atomic mass is 32.1. The lowest BCUT2D eigenvalue weighted by Gasteiger charge is -2.09. The molecule has 5 nitrogen and oxygen atoms in total. The second-order valence-electron chi connectivity index (χ2n) is 4.89. The lowest BCUT2D eigenvalue weighted by molar-refractivity contribution is 0.0952. The second kappa shape index (κ2) is 6.19. The van der Waals surface area contributed by atoms with E-state index in [9.17, 15) is 4.79 Å². The van der Waals surface area contributed by atoms with Crippen molar-refractivity contribution >= 4 is 17.2 Å². The number of hydrogen-bond acceptors (Lipinski definition) is 5. The van der Waals surface area contributed by atoms with E-state index >= 15 is 0 Å². The van der Waals surface area contributed by atoms with Crippen LogP contribution >= 0.6 is 11.3 Å². The summed E-state index contributed by atoms with van der Waals surface area (Å²) in [5.74, 6) is 1.69. The number of nitrogens with zero attached hydrogens (tertiary/aromatic N) is 1. The van der Waals surface area contributed by atoms with Crippen molar-refractivity contribution in [3.05, 3.63) is 28.5 Å². The van der Waals surface area contributed by atoms with E-state index in [4.69, 9.17) is 10.2 Å². The zero-order valence-corrected chi connectivity index (χ0v) is 12.7. The van der Waals surface area contributed by atoms with Crippen LogP contribution in [0.1, 0.15) is 28.0 Å². The maximum atomic E-state index is 12.1. The molecular weight excluding hydrogens is 274 g/mol. The fraction of sp³-hybridized carbons (Fsp3) is 0.429. The number of hydrogen-bond donors (Lipinski definition) is 2. The quantitative estimate of drug-likeness (QED) is 0.886. The standard InChI is InChI=1S/C14H19N3O2S/c1-8(6-15)7-16-13(18)12-10(3)17-14(20-12)11-5-4-9(2)19-11/h4-5,8H,6-7,15H2,1-3H3,(H,16,18). The molecule has 0 saturated carbocycles. The Labute approximate surface area is 122 Å². The number of rotatable bonds is 5. The summed E-state index contributed by atoms with van der Waals surface area (Å²) < 4.78 is 5.53. The number of carbonyl (C=O) groups is 1. The fourth-order valence-electron chi connectivity index (χ4n) is 1.69. The topological polar surface area (TPSA) is 81.2 Å². The number of carbonyl (C=O) groups excluding carboxylic acids is 1. The first kappa shape index (κ1) is 14.7. The summed E-state index contributed by atoms with van der Waals surface area (Å²) in [5.41, 5.74) is 6.26. The van der Waals surface area contributed by atoms with Gasteiger partial charge in [-0.3, -0.25) is 4.79 Å². The van der Waals surface area contributed by atoms with Crippen molar-refractivity contribution in [2.24, 2.45) is 11.7 Å². The first-order chi connectivity index (χ1) is 9.51.